The van der Waals surface area contributed by atoms with Crippen LogP contribution in [0.4, 0.5) is 5.69 Å². The van der Waals surface area contributed by atoms with Crippen molar-refractivity contribution in [1.82, 2.24) is 4.72 Å². The van der Waals surface area contributed by atoms with Crippen LogP contribution in [0.15, 0.2) is 48.5 Å². The lowest BCUT2D eigenvalue weighted by molar-refractivity contribution is -0.384. The Balaban J connectivity index is 2.20. The van der Waals surface area contributed by atoms with E-state index in [9.17, 15) is 23.6 Å². The average Bonchev–Trinajstić information content (AvgIpc) is 2.60. The smallest absolute Gasteiger partial charge is 0.270 e. The number of rotatable bonds is 7. The molecule has 8 heteroatoms. The minimum atomic E-state index is -3.48. The number of nitro benzene ring substituents is 1. The van der Waals surface area contributed by atoms with Crippen molar-refractivity contribution in [3.05, 3.63) is 64.2 Å². The van der Waals surface area contributed by atoms with Gasteiger partial charge in [-0.25, -0.2) is 13.1 Å². The van der Waals surface area contributed by atoms with E-state index in [-0.39, 0.29) is 12.2 Å². The molecule has 0 aromatic heterocycles. The summed E-state index contributed by atoms with van der Waals surface area (Å²) in [5, 5.41) is 20.9. The fraction of sp³-hybridized carbons (Fsp3) is 0.333. The van der Waals surface area contributed by atoms with Crippen molar-refractivity contribution in [2.75, 3.05) is 6.54 Å². The summed E-state index contributed by atoms with van der Waals surface area (Å²) in [4.78, 5) is 10.4. The van der Waals surface area contributed by atoms with E-state index in [2.05, 4.69) is 4.72 Å². The first kappa shape index (κ1) is 20.0. The third kappa shape index (κ3) is 4.66. The largest absolute Gasteiger partial charge is 0.384 e. The van der Waals surface area contributed by atoms with Crippen LogP contribution in [0, 0.1) is 10.1 Å². The Labute approximate surface area is 152 Å². The third-order valence-corrected chi connectivity index (χ3v) is 5.92. The zero-order valence-electron chi connectivity index (χ0n) is 14.8. The molecule has 0 fully saturated rings. The fourth-order valence-electron chi connectivity index (χ4n) is 2.33. The molecule has 0 amide bonds. The van der Waals surface area contributed by atoms with Crippen LogP contribution in [0.1, 0.15) is 26.3 Å². The van der Waals surface area contributed by atoms with Gasteiger partial charge in [0.15, 0.2) is 0 Å². The quantitative estimate of drug-likeness (QED) is 0.569. The lowest BCUT2D eigenvalue weighted by atomic mass is 9.94. The molecule has 0 radical (unpaired) electrons. The molecular formula is C18H22N2O5S. The van der Waals surface area contributed by atoms with Gasteiger partial charge in [0, 0.05) is 18.7 Å². The van der Waals surface area contributed by atoms with E-state index in [1.54, 1.807) is 50.2 Å². The minimum Gasteiger partial charge on any atom is -0.384 e. The summed E-state index contributed by atoms with van der Waals surface area (Å²) in [7, 11) is -3.48. The first-order valence-corrected chi connectivity index (χ1v) is 9.64. The second-order valence-electron chi connectivity index (χ2n) is 6.57. The Kier molecular flexibility index (Phi) is 5.80. The monoisotopic (exact) mass is 378 g/mol. The fourth-order valence-corrected chi connectivity index (χ4v) is 3.15. The van der Waals surface area contributed by atoms with Gasteiger partial charge in [-0.3, -0.25) is 10.1 Å². The van der Waals surface area contributed by atoms with Crippen molar-refractivity contribution >= 4 is 15.7 Å². The third-order valence-electron chi connectivity index (χ3n) is 4.14. The highest BCUT2D eigenvalue weighted by Crippen LogP contribution is 2.27. The van der Waals surface area contributed by atoms with Crippen molar-refractivity contribution in [3.63, 3.8) is 0 Å². The summed E-state index contributed by atoms with van der Waals surface area (Å²) in [6.45, 7) is 4.50. The summed E-state index contributed by atoms with van der Waals surface area (Å²) >= 11 is 0. The maximum absolute atomic E-state index is 11.9. The van der Waals surface area contributed by atoms with E-state index in [0.717, 1.165) is 5.56 Å². The maximum Gasteiger partial charge on any atom is 0.270 e. The lowest BCUT2D eigenvalue weighted by Gasteiger charge is -2.25. The van der Waals surface area contributed by atoms with Crippen LogP contribution < -0.4 is 4.72 Å². The lowest BCUT2D eigenvalue weighted by Crippen LogP contribution is -2.41. The molecule has 26 heavy (non-hydrogen) atoms. The van der Waals surface area contributed by atoms with E-state index < -0.39 is 25.8 Å². The summed E-state index contributed by atoms with van der Waals surface area (Å²) in [5.74, 6) is 0. The van der Waals surface area contributed by atoms with Crippen LogP contribution in [-0.2, 0) is 15.6 Å². The Morgan fingerprint density at radius 3 is 2.31 bits per heavy atom. The molecule has 2 rings (SSSR count). The topological polar surface area (TPSA) is 110 Å². The molecule has 2 aromatic carbocycles. The summed E-state index contributed by atoms with van der Waals surface area (Å²) in [5.41, 5.74) is 0.602. The van der Waals surface area contributed by atoms with Gasteiger partial charge in [-0.05, 0) is 37.5 Å². The number of non-ortho nitro benzene ring substituents is 1. The van der Waals surface area contributed by atoms with Crippen molar-refractivity contribution in [2.24, 2.45) is 0 Å². The van der Waals surface area contributed by atoms with Crippen LogP contribution in [-0.4, -0.2) is 30.2 Å². The van der Waals surface area contributed by atoms with E-state index >= 15 is 0 Å². The van der Waals surface area contributed by atoms with Crippen LogP contribution >= 0.6 is 0 Å². The van der Waals surface area contributed by atoms with Crippen LogP contribution in [0.3, 0.4) is 0 Å². The number of benzene rings is 2. The molecule has 0 aliphatic heterocycles. The number of aliphatic hydroxyl groups is 1. The molecule has 0 aliphatic carbocycles. The number of nitrogens with zero attached hydrogens (tertiary/aromatic N) is 1. The first-order valence-electron chi connectivity index (χ1n) is 8.09. The summed E-state index contributed by atoms with van der Waals surface area (Å²) in [6.07, 6.45) is 0. The maximum atomic E-state index is 11.9. The van der Waals surface area contributed by atoms with Gasteiger partial charge in [-0.15, -0.1) is 0 Å². The molecule has 1 atom stereocenters. The van der Waals surface area contributed by atoms with E-state index in [0.29, 0.717) is 11.1 Å². The molecule has 1 unspecified atom stereocenters. The van der Waals surface area contributed by atoms with Gasteiger partial charge in [0.2, 0.25) is 10.0 Å². The van der Waals surface area contributed by atoms with E-state index in [1.165, 1.54) is 19.1 Å². The molecule has 140 valence electrons. The van der Waals surface area contributed by atoms with Gasteiger partial charge < -0.3 is 5.11 Å². The molecule has 0 aliphatic rings. The number of nitrogens with one attached hydrogen (secondary N) is 1. The van der Waals surface area contributed by atoms with E-state index in [4.69, 9.17) is 0 Å². The van der Waals surface area contributed by atoms with Crippen LogP contribution in [0.2, 0.25) is 0 Å². The van der Waals surface area contributed by atoms with Gasteiger partial charge in [0.1, 0.15) is 5.60 Å². The van der Waals surface area contributed by atoms with Gasteiger partial charge in [0.05, 0.1) is 10.2 Å². The normalized spacial score (nSPS) is 14.2. The summed E-state index contributed by atoms with van der Waals surface area (Å²) in [6, 6.07) is 13.1. The number of nitro groups is 1. The van der Waals surface area contributed by atoms with E-state index in [1.807, 2.05) is 0 Å². The molecule has 0 heterocycles. The zero-order valence-corrected chi connectivity index (χ0v) is 15.7. The minimum absolute atomic E-state index is 0.00154. The standard InChI is InChI=1S/C18H22N2O5S/c1-13(2)26(24,25)19-12-18(3,21)16-9-7-14(8-10-16)15-5-4-6-17(11-15)20(22)23/h4-11,13,19,21H,12H2,1-3H3. The highest BCUT2D eigenvalue weighted by Gasteiger charge is 2.26. The number of hydrogen-bond donors (Lipinski definition) is 2. The van der Waals surface area contributed by atoms with Crippen molar-refractivity contribution in [2.45, 2.75) is 31.6 Å². The first-order chi connectivity index (χ1) is 12.0. The van der Waals surface area contributed by atoms with Gasteiger partial charge in [0.25, 0.3) is 5.69 Å². The highest BCUT2D eigenvalue weighted by molar-refractivity contribution is 7.90. The molecule has 0 saturated carbocycles. The Hall–Kier alpha value is -2.29. The molecular weight excluding hydrogens is 356 g/mol. The predicted molar refractivity (Wildman–Crippen MR) is 100 cm³/mol. The molecule has 0 saturated heterocycles. The molecule has 7 nitrogen and oxygen atoms in total. The summed E-state index contributed by atoms with van der Waals surface area (Å²) < 4.78 is 26.1. The highest BCUT2D eigenvalue weighted by atomic mass is 32.2. The Morgan fingerprint density at radius 1 is 1.15 bits per heavy atom. The van der Waals surface area contributed by atoms with Crippen molar-refractivity contribution in [1.29, 1.82) is 0 Å². The Bertz CT molecular complexity index is 890. The van der Waals surface area contributed by atoms with Crippen molar-refractivity contribution in [3.8, 4) is 11.1 Å². The average molecular weight is 378 g/mol. The van der Waals surface area contributed by atoms with Crippen molar-refractivity contribution < 1.29 is 18.4 Å². The van der Waals surface area contributed by atoms with Crippen LogP contribution in [0.25, 0.3) is 11.1 Å². The zero-order chi connectivity index (χ0) is 19.5. The number of sulfonamides is 1. The van der Waals surface area contributed by atoms with Gasteiger partial charge in [-0.2, -0.15) is 0 Å². The molecule has 0 bridgehead atoms. The predicted octanol–water partition coefficient (Wildman–Crippen LogP) is 2.80. The SMILES string of the molecule is CC(C)S(=O)(=O)NCC(C)(O)c1ccc(-c2cccc([N+](=O)[O-])c2)cc1. The molecule has 0 spiro atoms. The Morgan fingerprint density at radius 2 is 1.77 bits per heavy atom. The van der Waals surface area contributed by atoms with Crippen LogP contribution in [0.5, 0.6) is 0 Å². The molecule has 2 aromatic rings. The molecule has 2 N–H and O–H groups in total. The van der Waals surface area contributed by atoms with Gasteiger partial charge >= 0.3 is 0 Å². The second kappa shape index (κ2) is 7.53. The number of hydrogen-bond acceptors (Lipinski definition) is 5. The van der Waals surface area contributed by atoms with Gasteiger partial charge in [-0.1, -0.05) is 36.4 Å². The second-order valence-corrected chi connectivity index (χ2v) is 8.90.